The molecule has 0 atom stereocenters. The van der Waals surface area contributed by atoms with E-state index >= 15 is 0 Å². The van der Waals surface area contributed by atoms with Crippen LogP contribution >= 0.6 is 0 Å². The Hall–Kier alpha value is -2.78. The van der Waals surface area contributed by atoms with Crippen molar-refractivity contribution in [3.63, 3.8) is 0 Å². The molecule has 2 amide bonds. The molecule has 2 heterocycles. The Balaban J connectivity index is 1.77. The molecule has 2 aromatic heterocycles. The first-order valence-corrected chi connectivity index (χ1v) is 6.95. The molecule has 7 nitrogen and oxygen atoms in total. The molecule has 0 unspecified atom stereocenters. The summed E-state index contributed by atoms with van der Waals surface area (Å²) in [5.41, 5.74) is 1.41. The lowest BCUT2D eigenvalue weighted by atomic mass is 10.2. The van der Waals surface area contributed by atoms with E-state index in [0.717, 1.165) is 5.56 Å². The Bertz CT molecular complexity index is 687. The maximum Gasteiger partial charge on any atom is 0.422 e. The highest BCUT2D eigenvalue weighted by atomic mass is 19.4. The summed E-state index contributed by atoms with van der Waals surface area (Å²) in [6.07, 6.45) is 0.291. The maximum atomic E-state index is 12.1. The van der Waals surface area contributed by atoms with Crippen molar-refractivity contribution in [2.24, 2.45) is 7.05 Å². The number of rotatable bonds is 6. The Morgan fingerprint density at radius 1 is 1.29 bits per heavy atom. The molecule has 0 aliphatic heterocycles. The van der Waals surface area contributed by atoms with Crippen molar-refractivity contribution in [1.29, 1.82) is 0 Å². The first-order chi connectivity index (χ1) is 11.3. The number of alkyl halides is 3. The second-order valence-corrected chi connectivity index (χ2v) is 4.96. The van der Waals surface area contributed by atoms with Gasteiger partial charge < -0.3 is 15.4 Å². The van der Waals surface area contributed by atoms with Crippen LogP contribution in [0, 0.1) is 0 Å². The Morgan fingerprint density at radius 3 is 2.62 bits per heavy atom. The predicted molar refractivity (Wildman–Crippen MR) is 78.1 cm³/mol. The number of urea groups is 1. The van der Waals surface area contributed by atoms with Gasteiger partial charge in [0.25, 0.3) is 0 Å². The van der Waals surface area contributed by atoms with Crippen molar-refractivity contribution in [3.05, 3.63) is 41.9 Å². The number of nitrogens with zero attached hydrogens (tertiary/aromatic N) is 3. The summed E-state index contributed by atoms with van der Waals surface area (Å²) >= 11 is 0. The first-order valence-electron chi connectivity index (χ1n) is 6.95. The highest BCUT2D eigenvalue weighted by molar-refractivity contribution is 5.73. The summed E-state index contributed by atoms with van der Waals surface area (Å²) < 4.78 is 42.5. The summed E-state index contributed by atoms with van der Waals surface area (Å²) in [6, 6.07) is 2.50. The number of halogens is 3. The Morgan fingerprint density at radius 2 is 2.00 bits per heavy atom. The van der Waals surface area contributed by atoms with Gasteiger partial charge in [-0.25, -0.2) is 9.78 Å². The number of aromatic nitrogens is 3. The molecule has 0 aromatic carbocycles. The van der Waals surface area contributed by atoms with E-state index in [-0.39, 0.29) is 12.4 Å². The lowest BCUT2D eigenvalue weighted by Crippen LogP contribution is -2.34. The average molecular weight is 343 g/mol. The molecule has 0 bridgehead atoms. The zero-order valence-corrected chi connectivity index (χ0v) is 12.8. The van der Waals surface area contributed by atoms with Crippen molar-refractivity contribution in [3.8, 4) is 5.88 Å². The quantitative estimate of drug-likeness (QED) is 0.837. The minimum Gasteiger partial charge on any atom is -0.468 e. The van der Waals surface area contributed by atoms with Gasteiger partial charge >= 0.3 is 12.2 Å². The topological polar surface area (TPSA) is 81.1 Å². The summed E-state index contributed by atoms with van der Waals surface area (Å²) in [4.78, 5) is 15.4. The van der Waals surface area contributed by atoms with E-state index in [0.29, 0.717) is 12.1 Å². The average Bonchev–Trinajstić information content (AvgIpc) is 2.94. The van der Waals surface area contributed by atoms with Gasteiger partial charge in [0.2, 0.25) is 5.88 Å². The summed E-state index contributed by atoms with van der Waals surface area (Å²) in [7, 11) is 1.77. The molecule has 2 rings (SSSR count). The molecular formula is C14H16F3N5O2. The highest BCUT2D eigenvalue weighted by Crippen LogP contribution is 2.17. The molecule has 0 aliphatic rings. The third-order valence-electron chi connectivity index (χ3n) is 2.85. The summed E-state index contributed by atoms with van der Waals surface area (Å²) in [6.45, 7) is -0.970. The Kier molecular flexibility index (Phi) is 5.61. The van der Waals surface area contributed by atoms with E-state index in [1.54, 1.807) is 30.2 Å². The molecule has 0 aliphatic carbocycles. The fourth-order valence-electron chi connectivity index (χ4n) is 1.79. The van der Waals surface area contributed by atoms with Crippen LogP contribution in [0.1, 0.15) is 11.1 Å². The fraction of sp³-hybridized carbons (Fsp3) is 0.357. The third kappa shape index (κ3) is 6.15. The number of carbonyl (C=O) groups is 1. The van der Waals surface area contributed by atoms with E-state index in [4.69, 9.17) is 0 Å². The SMILES string of the molecule is Cn1cc(CNC(=O)NCc2ccnc(OCC(F)(F)F)c2)cn1. The fourth-order valence-corrected chi connectivity index (χ4v) is 1.79. The molecular weight excluding hydrogens is 327 g/mol. The molecule has 0 fully saturated rings. The number of ether oxygens (including phenoxy) is 1. The van der Waals surface area contributed by atoms with Gasteiger partial charge in [-0.05, 0) is 11.6 Å². The standard InChI is InChI=1S/C14H16F3N5O2/c1-22-8-11(7-21-22)6-20-13(23)19-5-10-2-3-18-12(4-10)24-9-14(15,16)17/h2-4,7-8H,5-6,9H2,1H3,(H2,19,20,23). The van der Waals surface area contributed by atoms with Crippen molar-refractivity contribution in [1.82, 2.24) is 25.4 Å². The highest BCUT2D eigenvalue weighted by Gasteiger charge is 2.28. The number of nitrogens with one attached hydrogen (secondary N) is 2. The number of pyridine rings is 1. The van der Waals surface area contributed by atoms with Crippen LogP contribution in [0.3, 0.4) is 0 Å². The van der Waals surface area contributed by atoms with Crippen LogP contribution in [-0.2, 0) is 20.1 Å². The second-order valence-electron chi connectivity index (χ2n) is 4.96. The van der Waals surface area contributed by atoms with E-state index in [9.17, 15) is 18.0 Å². The van der Waals surface area contributed by atoms with Crippen LogP contribution in [0.5, 0.6) is 5.88 Å². The largest absolute Gasteiger partial charge is 0.468 e. The Labute approximate surface area is 135 Å². The molecule has 130 valence electrons. The molecule has 0 saturated heterocycles. The van der Waals surface area contributed by atoms with Crippen molar-refractivity contribution >= 4 is 6.03 Å². The van der Waals surface area contributed by atoms with Gasteiger partial charge in [0, 0.05) is 44.2 Å². The van der Waals surface area contributed by atoms with E-state index in [1.165, 1.54) is 12.3 Å². The normalized spacial score (nSPS) is 11.2. The van der Waals surface area contributed by atoms with Gasteiger partial charge in [-0.3, -0.25) is 4.68 Å². The molecule has 24 heavy (non-hydrogen) atoms. The predicted octanol–water partition coefficient (Wildman–Crippen LogP) is 1.76. The lowest BCUT2D eigenvalue weighted by Gasteiger charge is -2.10. The van der Waals surface area contributed by atoms with Gasteiger partial charge in [0.15, 0.2) is 6.61 Å². The first kappa shape index (κ1) is 17.6. The van der Waals surface area contributed by atoms with Crippen molar-refractivity contribution in [2.45, 2.75) is 19.3 Å². The van der Waals surface area contributed by atoms with Crippen molar-refractivity contribution < 1.29 is 22.7 Å². The number of aryl methyl sites for hydroxylation is 1. The number of carbonyl (C=O) groups excluding carboxylic acids is 1. The minimum atomic E-state index is -4.43. The zero-order chi connectivity index (χ0) is 17.6. The summed E-state index contributed by atoms with van der Waals surface area (Å²) in [5.74, 6) is -0.151. The second kappa shape index (κ2) is 7.66. The van der Waals surface area contributed by atoms with Crippen LogP contribution in [0.4, 0.5) is 18.0 Å². The van der Waals surface area contributed by atoms with Gasteiger partial charge in [-0.1, -0.05) is 0 Å². The van der Waals surface area contributed by atoms with Crippen LogP contribution in [0.2, 0.25) is 0 Å². The summed E-state index contributed by atoms with van der Waals surface area (Å²) in [5, 5.41) is 9.21. The van der Waals surface area contributed by atoms with Crippen LogP contribution in [-0.4, -0.2) is 33.6 Å². The molecule has 0 saturated carbocycles. The van der Waals surface area contributed by atoms with Gasteiger partial charge in [-0.15, -0.1) is 0 Å². The van der Waals surface area contributed by atoms with E-state index in [1.807, 2.05) is 0 Å². The van der Waals surface area contributed by atoms with Gasteiger partial charge in [0.05, 0.1) is 6.20 Å². The number of hydrogen-bond acceptors (Lipinski definition) is 4. The molecule has 0 radical (unpaired) electrons. The monoisotopic (exact) mass is 343 g/mol. The smallest absolute Gasteiger partial charge is 0.422 e. The molecule has 2 aromatic rings. The van der Waals surface area contributed by atoms with Gasteiger partial charge in [0.1, 0.15) is 0 Å². The number of hydrogen-bond donors (Lipinski definition) is 2. The van der Waals surface area contributed by atoms with Crippen molar-refractivity contribution in [2.75, 3.05) is 6.61 Å². The number of amides is 2. The third-order valence-corrected chi connectivity index (χ3v) is 2.85. The molecule has 10 heteroatoms. The van der Waals surface area contributed by atoms with Crippen LogP contribution in [0.25, 0.3) is 0 Å². The van der Waals surface area contributed by atoms with E-state index < -0.39 is 18.8 Å². The van der Waals surface area contributed by atoms with E-state index in [2.05, 4.69) is 25.5 Å². The zero-order valence-electron chi connectivity index (χ0n) is 12.8. The molecule has 2 N–H and O–H groups in total. The van der Waals surface area contributed by atoms with Crippen LogP contribution in [0.15, 0.2) is 30.7 Å². The van der Waals surface area contributed by atoms with Gasteiger partial charge in [-0.2, -0.15) is 18.3 Å². The minimum absolute atomic E-state index is 0.129. The maximum absolute atomic E-state index is 12.1. The van der Waals surface area contributed by atoms with Crippen LogP contribution < -0.4 is 15.4 Å². The molecule has 0 spiro atoms. The lowest BCUT2D eigenvalue weighted by molar-refractivity contribution is -0.154.